The zero-order valence-electron chi connectivity index (χ0n) is 11.0. The van der Waals surface area contributed by atoms with Crippen molar-refractivity contribution < 1.29 is 19.4 Å². The summed E-state index contributed by atoms with van der Waals surface area (Å²) in [6.45, 7) is 0. The molecule has 2 fully saturated rings. The molecule has 0 radical (unpaired) electrons. The molecule has 104 valence electrons. The Morgan fingerprint density at radius 2 is 1.90 bits per heavy atom. The maximum atomic E-state index is 12.6. The number of aliphatic hydroxyl groups excluding tert-OH is 1. The molecule has 1 aromatic rings. The van der Waals surface area contributed by atoms with Gasteiger partial charge in [-0.05, 0) is 24.3 Å². The number of rotatable bonds is 2. The van der Waals surface area contributed by atoms with E-state index in [1.165, 1.54) is 4.90 Å². The van der Waals surface area contributed by atoms with E-state index in [1.807, 2.05) is 12.2 Å². The fraction of sp³-hybridized carbons (Fsp3) is 0.400. The number of hydrogen-bond donors (Lipinski definition) is 1. The summed E-state index contributed by atoms with van der Waals surface area (Å²) in [5.41, 5.74) is 0.692. The van der Waals surface area contributed by atoms with Crippen molar-refractivity contribution in [1.82, 2.24) is 0 Å². The fourth-order valence-electron chi connectivity index (χ4n) is 3.48. The molecule has 1 amide bonds. The number of anilines is 1. The number of methoxy groups -OCH3 is 1. The van der Waals surface area contributed by atoms with Crippen LogP contribution in [0.5, 0.6) is 5.75 Å². The van der Waals surface area contributed by atoms with E-state index in [1.54, 1.807) is 31.4 Å². The number of nitrogens with zero attached hydrogens (tertiary/aromatic N) is 1. The van der Waals surface area contributed by atoms with Gasteiger partial charge >= 0.3 is 0 Å². The molecule has 4 rings (SSSR count). The van der Waals surface area contributed by atoms with Crippen LogP contribution in [0.4, 0.5) is 5.69 Å². The third-order valence-corrected chi connectivity index (χ3v) is 4.43. The van der Waals surface area contributed by atoms with E-state index in [2.05, 4.69) is 0 Å². The highest BCUT2D eigenvalue weighted by atomic mass is 16.5. The molecule has 5 unspecified atom stereocenters. The second-order valence-corrected chi connectivity index (χ2v) is 5.37. The van der Waals surface area contributed by atoms with Gasteiger partial charge < -0.3 is 14.6 Å². The molecule has 2 saturated heterocycles. The minimum atomic E-state index is -0.833. The van der Waals surface area contributed by atoms with E-state index in [0.717, 1.165) is 5.75 Å². The molecule has 0 aliphatic carbocycles. The lowest BCUT2D eigenvalue weighted by atomic mass is 9.85. The van der Waals surface area contributed by atoms with Crippen molar-refractivity contribution in [2.24, 2.45) is 11.8 Å². The Kier molecular flexibility index (Phi) is 2.43. The number of ether oxygens (including phenoxy) is 2. The van der Waals surface area contributed by atoms with Crippen LogP contribution < -0.4 is 9.64 Å². The monoisotopic (exact) mass is 273 g/mol. The standard InChI is InChI=1S/C15H15NO4/c1-19-9-4-2-8(3-5-9)16-14(17)12-10-6-7-11(20-10)13(12)15(16)18/h2-7,10-14,17H,1H3. The summed E-state index contributed by atoms with van der Waals surface area (Å²) in [6.07, 6.45) is 2.71. The Morgan fingerprint density at radius 1 is 1.20 bits per heavy atom. The second-order valence-electron chi connectivity index (χ2n) is 5.37. The van der Waals surface area contributed by atoms with Gasteiger partial charge in [-0.1, -0.05) is 12.2 Å². The van der Waals surface area contributed by atoms with E-state index in [9.17, 15) is 9.90 Å². The van der Waals surface area contributed by atoms with Crippen LogP contribution in [0.2, 0.25) is 0 Å². The molecule has 0 saturated carbocycles. The van der Waals surface area contributed by atoms with Gasteiger partial charge in [-0.15, -0.1) is 0 Å². The summed E-state index contributed by atoms with van der Waals surface area (Å²) in [5.74, 6) is 0.228. The van der Waals surface area contributed by atoms with Crippen molar-refractivity contribution >= 4 is 11.6 Å². The lowest BCUT2D eigenvalue weighted by Gasteiger charge is -2.25. The molecule has 5 heteroatoms. The fourth-order valence-corrected chi connectivity index (χ4v) is 3.48. The Bertz CT molecular complexity index is 582. The molecular formula is C15H15NO4. The Morgan fingerprint density at radius 3 is 2.55 bits per heavy atom. The maximum Gasteiger partial charge on any atom is 0.235 e. The van der Waals surface area contributed by atoms with Crippen molar-refractivity contribution in [3.05, 3.63) is 36.4 Å². The van der Waals surface area contributed by atoms with E-state index < -0.39 is 6.23 Å². The molecule has 5 nitrogen and oxygen atoms in total. The number of fused-ring (bicyclic) bond motifs is 5. The Balaban J connectivity index is 1.68. The SMILES string of the molecule is COc1ccc(N2C(=O)C3C4C=CC(O4)C3C2O)cc1. The predicted molar refractivity (Wildman–Crippen MR) is 71.3 cm³/mol. The molecule has 0 spiro atoms. The largest absolute Gasteiger partial charge is 0.497 e. The summed E-state index contributed by atoms with van der Waals surface area (Å²) in [7, 11) is 1.59. The molecule has 0 aromatic heterocycles. The molecule has 3 aliphatic heterocycles. The van der Waals surface area contributed by atoms with Crippen molar-refractivity contribution in [3.63, 3.8) is 0 Å². The summed E-state index contributed by atoms with van der Waals surface area (Å²) >= 11 is 0. The van der Waals surface area contributed by atoms with E-state index in [0.29, 0.717) is 5.69 Å². The first kappa shape index (κ1) is 11.9. The zero-order valence-corrected chi connectivity index (χ0v) is 11.0. The average Bonchev–Trinajstić information content (AvgIpc) is 3.14. The van der Waals surface area contributed by atoms with Gasteiger partial charge in [-0.3, -0.25) is 9.69 Å². The number of carbonyl (C=O) groups excluding carboxylic acids is 1. The Labute approximate surface area is 116 Å². The molecule has 2 bridgehead atoms. The van der Waals surface area contributed by atoms with Gasteiger partial charge in [0.2, 0.25) is 5.91 Å². The number of carbonyl (C=O) groups is 1. The van der Waals surface area contributed by atoms with Crippen LogP contribution in [0.25, 0.3) is 0 Å². The lowest BCUT2D eigenvalue weighted by Crippen LogP contribution is -2.38. The van der Waals surface area contributed by atoms with E-state index >= 15 is 0 Å². The summed E-state index contributed by atoms with van der Waals surface area (Å²) in [6, 6.07) is 7.15. The summed E-state index contributed by atoms with van der Waals surface area (Å²) < 4.78 is 10.8. The molecule has 1 N–H and O–H groups in total. The van der Waals surface area contributed by atoms with Crippen molar-refractivity contribution in [3.8, 4) is 5.75 Å². The predicted octanol–water partition coefficient (Wildman–Crippen LogP) is 0.930. The highest BCUT2D eigenvalue weighted by molar-refractivity contribution is 5.99. The second kappa shape index (κ2) is 4.07. The molecule has 1 aromatic carbocycles. The highest BCUT2D eigenvalue weighted by Crippen LogP contribution is 2.48. The van der Waals surface area contributed by atoms with Gasteiger partial charge in [-0.2, -0.15) is 0 Å². The van der Waals surface area contributed by atoms with Crippen molar-refractivity contribution in [1.29, 1.82) is 0 Å². The molecule has 20 heavy (non-hydrogen) atoms. The molecule has 5 atom stereocenters. The normalized spacial score (nSPS) is 37.6. The van der Waals surface area contributed by atoms with Crippen molar-refractivity contribution in [2.75, 3.05) is 12.0 Å². The number of hydrogen-bond acceptors (Lipinski definition) is 4. The van der Waals surface area contributed by atoms with Gasteiger partial charge in [0.15, 0.2) is 0 Å². The first-order chi connectivity index (χ1) is 9.70. The van der Waals surface area contributed by atoms with Crippen LogP contribution in [0, 0.1) is 11.8 Å². The van der Waals surface area contributed by atoms with Crippen molar-refractivity contribution in [2.45, 2.75) is 18.4 Å². The first-order valence-electron chi connectivity index (χ1n) is 6.69. The number of benzene rings is 1. The quantitative estimate of drug-likeness (QED) is 0.814. The lowest BCUT2D eigenvalue weighted by molar-refractivity contribution is -0.122. The molecule has 3 heterocycles. The van der Waals surface area contributed by atoms with Gasteiger partial charge in [0.25, 0.3) is 0 Å². The highest BCUT2D eigenvalue weighted by Gasteiger charge is 2.60. The minimum Gasteiger partial charge on any atom is -0.497 e. The average molecular weight is 273 g/mol. The summed E-state index contributed by atoms with van der Waals surface area (Å²) in [4.78, 5) is 14.0. The smallest absolute Gasteiger partial charge is 0.235 e. The van der Waals surface area contributed by atoms with Gasteiger partial charge in [0, 0.05) is 11.6 Å². The van der Waals surface area contributed by atoms with Crippen LogP contribution >= 0.6 is 0 Å². The third kappa shape index (κ3) is 1.42. The Hall–Kier alpha value is -1.85. The molecule has 3 aliphatic rings. The van der Waals surface area contributed by atoms with Crippen LogP contribution in [-0.4, -0.2) is 36.6 Å². The summed E-state index contributed by atoms with van der Waals surface area (Å²) in [5, 5.41) is 10.5. The zero-order chi connectivity index (χ0) is 13.9. The van der Waals surface area contributed by atoms with Crippen LogP contribution in [-0.2, 0) is 9.53 Å². The molecular weight excluding hydrogens is 258 g/mol. The topological polar surface area (TPSA) is 59.0 Å². The van der Waals surface area contributed by atoms with Gasteiger partial charge in [0.05, 0.1) is 25.2 Å². The van der Waals surface area contributed by atoms with E-state index in [-0.39, 0.29) is 30.0 Å². The van der Waals surface area contributed by atoms with Gasteiger partial charge in [-0.25, -0.2) is 0 Å². The number of aliphatic hydroxyl groups is 1. The van der Waals surface area contributed by atoms with Crippen LogP contribution in [0.1, 0.15) is 0 Å². The number of amides is 1. The maximum absolute atomic E-state index is 12.6. The van der Waals surface area contributed by atoms with Crippen LogP contribution in [0.3, 0.4) is 0 Å². The van der Waals surface area contributed by atoms with E-state index in [4.69, 9.17) is 9.47 Å². The van der Waals surface area contributed by atoms with Gasteiger partial charge in [0.1, 0.15) is 12.0 Å². The minimum absolute atomic E-state index is 0.0653. The first-order valence-corrected chi connectivity index (χ1v) is 6.69. The van der Waals surface area contributed by atoms with Crippen LogP contribution in [0.15, 0.2) is 36.4 Å². The third-order valence-electron chi connectivity index (χ3n) is 4.43.